The molecule has 0 aliphatic rings. The molecule has 0 aliphatic carbocycles. The summed E-state index contributed by atoms with van der Waals surface area (Å²) in [7, 11) is 2.20. The van der Waals surface area contributed by atoms with Gasteiger partial charge < -0.3 is 0 Å². The van der Waals surface area contributed by atoms with Crippen molar-refractivity contribution >= 4 is 7.85 Å². The zero-order valence-electron chi connectivity index (χ0n) is 8.22. The quantitative estimate of drug-likeness (QED) is 0.609. The minimum atomic E-state index is 1.05. The molecule has 2 heteroatoms. The Kier molecular flexibility index (Phi) is 3.33. The maximum absolute atomic E-state index is 4.38. The van der Waals surface area contributed by atoms with Crippen molar-refractivity contribution in [2.45, 2.75) is 33.0 Å². The maximum Gasteiger partial charge on any atom is 0.107 e. The Morgan fingerprint density at radius 2 is 2.08 bits per heavy atom. The van der Waals surface area contributed by atoms with Crippen molar-refractivity contribution in [1.82, 2.24) is 4.98 Å². The normalized spacial score (nSPS) is 10.2. The molecule has 0 bridgehead atoms. The van der Waals surface area contributed by atoms with E-state index in [2.05, 4.69) is 32.7 Å². The highest BCUT2D eigenvalue weighted by Gasteiger charge is 2.03. The number of aryl methyl sites for hydroxylation is 2. The van der Waals surface area contributed by atoms with Crippen molar-refractivity contribution in [3.63, 3.8) is 0 Å². The lowest BCUT2D eigenvalue weighted by molar-refractivity contribution is 0.963. The molecule has 12 heavy (non-hydrogen) atoms. The lowest BCUT2D eigenvalue weighted by Crippen LogP contribution is -2.01. The van der Waals surface area contributed by atoms with Gasteiger partial charge in [-0.05, 0) is 30.0 Å². The van der Waals surface area contributed by atoms with Crippen molar-refractivity contribution in [1.29, 1.82) is 0 Å². The predicted octanol–water partition coefficient (Wildman–Crippen LogP) is 1.34. The molecule has 0 saturated carbocycles. The Labute approximate surface area is 75.6 Å². The van der Waals surface area contributed by atoms with Crippen molar-refractivity contribution in [2.75, 3.05) is 0 Å². The van der Waals surface area contributed by atoms with Crippen LogP contribution >= 0.6 is 0 Å². The van der Waals surface area contributed by atoms with Gasteiger partial charge >= 0.3 is 0 Å². The molecule has 1 aromatic rings. The third-order valence-corrected chi connectivity index (χ3v) is 2.31. The van der Waals surface area contributed by atoms with Crippen molar-refractivity contribution < 1.29 is 0 Å². The van der Waals surface area contributed by atoms with E-state index in [1.807, 2.05) is 6.20 Å². The molecule has 0 spiro atoms. The molecule has 1 heterocycles. The number of nitrogens with zero attached hydrogens (tertiary/aromatic N) is 1. The van der Waals surface area contributed by atoms with E-state index in [0.717, 1.165) is 19.2 Å². The van der Waals surface area contributed by atoms with Gasteiger partial charge in [0.25, 0.3) is 0 Å². The first kappa shape index (κ1) is 9.30. The van der Waals surface area contributed by atoms with Crippen LogP contribution in [0.5, 0.6) is 0 Å². The monoisotopic (exact) mass is 161 g/mol. The topological polar surface area (TPSA) is 12.9 Å². The summed E-state index contributed by atoms with van der Waals surface area (Å²) in [5.74, 6) is 0. The van der Waals surface area contributed by atoms with Crippen molar-refractivity contribution in [3.8, 4) is 0 Å². The molecular formula is C10H16BN. The van der Waals surface area contributed by atoms with Gasteiger partial charge in [0, 0.05) is 11.9 Å². The molecular weight excluding hydrogens is 145 g/mol. The van der Waals surface area contributed by atoms with Crippen LogP contribution in [0.3, 0.4) is 0 Å². The van der Waals surface area contributed by atoms with Gasteiger partial charge in [-0.25, -0.2) is 0 Å². The zero-order chi connectivity index (χ0) is 8.97. The summed E-state index contributed by atoms with van der Waals surface area (Å²) in [6.07, 6.45) is 5.22. The van der Waals surface area contributed by atoms with E-state index in [4.69, 9.17) is 0 Å². The summed E-state index contributed by atoms with van der Waals surface area (Å²) < 4.78 is 0. The Bertz CT molecular complexity index is 236. The summed E-state index contributed by atoms with van der Waals surface area (Å²) in [5.41, 5.74) is 4.20. The highest BCUT2D eigenvalue weighted by atomic mass is 14.7. The fourth-order valence-electron chi connectivity index (χ4n) is 1.65. The lowest BCUT2D eigenvalue weighted by Gasteiger charge is -2.09. The van der Waals surface area contributed by atoms with E-state index in [-0.39, 0.29) is 0 Å². The van der Waals surface area contributed by atoms with Crippen LogP contribution < -0.4 is 0 Å². The van der Waals surface area contributed by atoms with E-state index in [1.165, 1.54) is 16.8 Å². The number of rotatable bonds is 3. The summed E-state index contributed by atoms with van der Waals surface area (Å²) in [4.78, 5) is 4.38. The summed E-state index contributed by atoms with van der Waals surface area (Å²) in [5, 5.41) is 0. The second-order valence-corrected chi connectivity index (χ2v) is 2.96. The average Bonchev–Trinajstić information content (AvgIpc) is 2.16. The molecule has 0 fully saturated rings. The molecule has 0 aliphatic heterocycles. The Hall–Kier alpha value is -0.785. The first-order valence-corrected chi connectivity index (χ1v) is 4.79. The molecule has 0 aromatic carbocycles. The summed E-state index contributed by atoms with van der Waals surface area (Å²) >= 11 is 0. The molecule has 0 radical (unpaired) electrons. The molecule has 1 nitrogen and oxygen atoms in total. The highest BCUT2D eigenvalue weighted by Crippen LogP contribution is 2.13. The van der Waals surface area contributed by atoms with E-state index in [9.17, 15) is 0 Å². The number of pyridine rings is 1. The molecule has 0 saturated heterocycles. The van der Waals surface area contributed by atoms with Crippen LogP contribution in [0.2, 0.25) is 0 Å². The number of hydrogen-bond acceptors (Lipinski definition) is 1. The highest BCUT2D eigenvalue weighted by molar-refractivity contribution is 6.08. The predicted molar refractivity (Wildman–Crippen MR) is 55.2 cm³/mol. The third kappa shape index (κ3) is 1.68. The van der Waals surface area contributed by atoms with Gasteiger partial charge in [0.1, 0.15) is 7.85 Å². The van der Waals surface area contributed by atoms with Gasteiger partial charge in [-0.3, -0.25) is 4.98 Å². The molecule has 0 atom stereocenters. The van der Waals surface area contributed by atoms with Crippen LogP contribution in [0.1, 0.15) is 30.7 Å². The Morgan fingerprint density at radius 1 is 1.33 bits per heavy atom. The minimum absolute atomic E-state index is 1.05. The molecule has 0 amide bonds. The number of hydrogen-bond donors (Lipinski definition) is 0. The fourth-order valence-corrected chi connectivity index (χ4v) is 1.65. The SMILES string of the molecule is BCc1c(CC)ccnc1CC. The molecule has 1 rings (SSSR count). The van der Waals surface area contributed by atoms with Gasteiger partial charge in [0.2, 0.25) is 0 Å². The van der Waals surface area contributed by atoms with Gasteiger partial charge in [-0.15, -0.1) is 0 Å². The van der Waals surface area contributed by atoms with Crippen molar-refractivity contribution in [2.24, 2.45) is 0 Å². The molecule has 0 N–H and O–H groups in total. The lowest BCUT2D eigenvalue weighted by atomic mass is 9.90. The van der Waals surface area contributed by atoms with Crippen LogP contribution in [0.25, 0.3) is 0 Å². The standard InChI is InChI=1S/C10H16BN/c1-3-8-5-6-12-10(4-2)9(8)7-11/h5-6H,3-4,7,11H2,1-2H3. The largest absolute Gasteiger partial charge is 0.261 e. The van der Waals surface area contributed by atoms with Crippen LogP contribution in [0.15, 0.2) is 12.3 Å². The third-order valence-electron chi connectivity index (χ3n) is 2.31. The van der Waals surface area contributed by atoms with Crippen LogP contribution in [-0.2, 0) is 19.2 Å². The van der Waals surface area contributed by atoms with Gasteiger partial charge in [0.05, 0.1) is 0 Å². The molecule has 64 valence electrons. The van der Waals surface area contributed by atoms with E-state index in [1.54, 1.807) is 0 Å². The summed E-state index contributed by atoms with van der Waals surface area (Å²) in [6, 6.07) is 2.14. The first-order chi connectivity index (χ1) is 5.83. The second-order valence-electron chi connectivity index (χ2n) is 2.96. The molecule has 1 aromatic heterocycles. The average molecular weight is 161 g/mol. The van der Waals surface area contributed by atoms with Crippen LogP contribution in [0.4, 0.5) is 0 Å². The first-order valence-electron chi connectivity index (χ1n) is 4.79. The van der Waals surface area contributed by atoms with E-state index in [0.29, 0.717) is 0 Å². The van der Waals surface area contributed by atoms with Gasteiger partial charge in [-0.1, -0.05) is 20.2 Å². The van der Waals surface area contributed by atoms with Gasteiger partial charge in [0.15, 0.2) is 0 Å². The number of aromatic nitrogens is 1. The minimum Gasteiger partial charge on any atom is -0.261 e. The summed E-state index contributed by atoms with van der Waals surface area (Å²) in [6.45, 7) is 4.37. The van der Waals surface area contributed by atoms with Crippen molar-refractivity contribution in [3.05, 3.63) is 29.1 Å². The van der Waals surface area contributed by atoms with E-state index >= 15 is 0 Å². The maximum atomic E-state index is 4.38. The zero-order valence-corrected chi connectivity index (χ0v) is 8.22. The Morgan fingerprint density at radius 3 is 2.58 bits per heavy atom. The van der Waals surface area contributed by atoms with Crippen LogP contribution in [-0.4, -0.2) is 12.8 Å². The van der Waals surface area contributed by atoms with Gasteiger partial charge in [-0.2, -0.15) is 0 Å². The van der Waals surface area contributed by atoms with E-state index < -0.39 is 0 Å². The fraction of sp³-hybridized carbons (Fsp3) is 0.500. The smallest absolute Gasteiger partial charge is 0.107 e. The van der Waals surface area contributed by atoms with Crippen LogP contribution in [0, 0.1) is 0 Å². The Balaban J connectivity index is 3.13. The molecule has 0 unspecified atom stereocenters. The second kappa shape index (κ2) is 4.29.